The van der Waals surface area contributed by atoms with Gasteiger partial charge in [0.15, 0.2) is 0 Å². The fourth-order valence-corrected chi connectivity index (χ4v) is 2.53. The molecule has 1 fully saturated rings. The van der Waals surface area contributed by atoms with Crippen LogP contribution in [0, 0.1) is 5.82 Å². The van der Waals surface area contributed by atoms with Gasteiger partial charge in [0.05, 0.1) is 13.2 Å². The van der Waals surface area contributed by atoms with Crippen LogP contribution in [0.1, 0.15) is 18.1 Å². The molecule has 6 heteroatoms. The van der Waals surface area contributed by atoms with E-state index in [1.807, 2.05) is 19.1 Å². The van der Waals surface area contributed by atoms with E-state index < -0.39 is 11.9 Å². The molecule has 0 saturated carbocycles. The molecule has 1 N–H and O–H groups in total. The first-order chi connectivity index (χ1) is 12.1. The van der Waals surface area contributed by atoms with Gasteiger partial charge in [-0.05, 0) is 36.8 Å². The third-order valence-electron chi connectivity index (χ3n) is 3.73. The molecule has 5 nitrogen and oxygen atoms in total. The van der Waals surface area contributed by atoms with Crippen molar-refractivity contribution in [1.82, 2.24) is 10.2 Å². The molecule has 0 bridgehead atoms. The molecule has 0 atom stereocenters. The Balaban J connectivity index is 1.82. The molecular formula is C19H17FN2O3. The minimum absolute atomic E-state index is 0.0788. The highest BCUT2D eigenvalue weighted by molar-refractivity contribution is 6.14. The van der Waals surface area contributed by atoms with Crippen LogP contribution >= 0.6 is 0 Å². The van der Waals surface area contributed by atoms with Crippen molar-refractivity contribution in [1.29, 1.82) is 0 Å². The maximum Gasteiger partial charge on any atom is 0.329 e. The summed E-state index contributed by atoms with van der Waals surface area (Å²) in [6, 6.07) is 12.4. The van der Waals surface area contributed by atoms with E-state index in [-0.39, 0.29) is 18.1 Å². The minimum atomic E-state index is -0.505. The zero-order chi connectivity index (χ0) is 17.8. The number of rotatable bonds is 5. The van der Waals surface area contributed by atoms with Gasteiger partial charge in [0.2, 0.25) is 0 Å². The van der Waals surface area contributed by atoms with Crippen molar-refractivity contribution in [2.45, 2.75) is 13.5 Å². The summed E-state index contributed by atoms with van der Waals surface area (Å²) in [5, 5.41) is 2.57. The molecule has 0 radical (unpaired) electrons. The highest BCUT2D eigenvalue weighted by atomic mass is 19.1. The Bertz CT molecular complexity index is 831. The zero-order valence-electron chi connectivity index (χ0n) is 13.7. The lowest BCUT2D eigenvalue weighted by atomic mass is 10.1. The number of carbonyl (C=O) groups excluding carboxylic acids is 2. The average Bonchev–Trinajstić information content (AvgIpc) is 2.86. The summed E-state index contributed by atoms with van der Waals surface area (Å²) < 4.78 is 18.5. The Morgan fingerprint density at radius 2 is 1.84 bits per heavy atom. The summed E-state index contributed by atoms with van der Waals surface area (Å²) in [6.45, 7) is 2.45. The first-order valence-corrected chi connectivity index (χ1v) is 7.89. The van der Waals surface area contributed by atoms with E-state index >= 15 is 0 Å². The molecule has 1 saturated heterocycles. The molecule has 0 unspecified atom stereocenters. The number of urea groups is 1. The molecule has 3 rings (SSSR count). The van der Waals surface area contributed by atoms with E-state index in [1.54, 1.807) is 30.3 Å². The Hall–Kier alpha value is -3.15. The van der Waals surface area contributed by atoms with Gasteiger partial charge in [-0.25, -0.2) is 9.18 Å². The van der Waals surface area contributed by atoms with Crippen molar-refractivity contribution in [3.8, 4) is 5.75 Å². The Labute approximate surface area is 144 Å². The molecule has 3 amide bonds. The number of carbonyl (C=O) groups is 2. The summed E-state index contributed by atoms with van der Waals surface area (Å²) in [5.74, 6) is -0.161. The second kappa shape index (κ2) is 7.17. The minimum Gasteiger partial charge on any atom is -0.493 e. The van der Waals surface area contributed by atoms with Crippen LogP contribution in [-0.2, 0) is 11.3 Å². The summed E-state index contributed by atoms with van der Waals surface area (Å²) in [7, 11) is 0. The van der Waals surface area contributed by atoms with Crippen molar-refractivity contribution < 1.29 is 18.7 Å². The van der Waals surface area contributed by atoms with Crippen molar-refractivity contribution in [2.75, 3.05) is 6.61 Å². The molecule has 1 aliphatic heterocycles. The van der Waals surface area contributed by atoms with Gasteiger partial charge in [-0.2, -0.15) is 0 Å². The largest absolute Gasteiger partial charge is 0.493 e. The van der Waals surface area contributed by atoms with Gasteiger partial charge >= 0.3 is 6.03 Å². The second-order valence-electron chi connectivity index (χ2n) is 5.48. The number of benzene rings is 2. The van der Waals surface area contributed by atoms with E-state index in [0.717, 1.165) is 4.90 Å². The predicted molar refractivity (Wildman–Crippen MR) is 91.1 cm³/mol. The average molecular weight is 340 g/mol. The summed E-state index contributed by atoms with van der Waals surface area (Å²) in [6.07, 6.45) is 1.59. The van der Waals surface area contributed by atoms with Gasteiger partial charge < -0.3 is 10.1 Å². The maximum absolute atomic E-state index is 13.0. The van der Waals surface area contributed by atoms with Crippen molar-refractivity contribution in [3.05, 3.63) is 71.2 Å². The van der Waals surface area contributed by atoms with E-state index in [9.17, 15) is 14.0 Å². The van der Waals surface area contributed by atoms with Gasteiger partial charge in [-0.3, -0.25) is 9.69 Å². The number of nitrogens with one attached hydrogen (secondary N) is 1. The fourth-order valence-electron chi connectivity index (χ4n) is 2.53. The zero-order valence-corrected chi connectivity index (χ0v) is 13.7. The number of nitrogens with zero attached hydrogens (tertiary/aromatic N) is 1. The monoisotopic (exact) mass is 340 g/mol. The number of hydrogen-bond donors (Lipinski definition) is 1. The molecule has 25 heavy (non-hydrogen) atoms. The normalized spacial score (nSPS) is 15.6. The van der Waals surface area contributed by atoms with Crippen LogP contribution in [-0.4, -0.2) is 23.4 Å². The van der Waals surface area contributed by atoms with Crippen LogP contribution in [0.2, 0.25) is 0 Å². The molecule has 0 spiro atoms. The third kappa shape index (κ3) is 3.68. The van der Waals surface area contributed by atoms with E-state index in [2.05, 4.69) is 5.32 Å². The molecule has 2 aromatic rings. The SMILES string of the molecule is CCOc1ccccc1C=C1NC(=O)N(Cc2ccc(F)cc2)C1=O. The van der Waals surface area contributed by atoms with Crippen molar-refractivity contribution in [3.63, 3.8) is 0 Å². The Morgan fingerprint density at radius 1 is 1.12 bits per heavy atom. The lowest BCUT2D eigenvalue weighted by Gasteiger charge is -2.11. The van der Waals surface area contributed by atoms with Gasteiger partial charge in [0, 0.05) is 5.56 Å². The first-order valence-electron chi connectivity index (χ1n) is 7.89. The van der Waals surface area contributed by atoms with Gasteiger partial charge in [0.1, 0.15) is 17.3 Å². The number of halogens is 1. The molecule has 1 aliphatic rings. The van der Waals surface area contributed by atoms with Crippen LogP contribution in [0.4, 0.5) is 9.18 Å². The van der Waals surface area contributed by atoms with Gasteiger partial charge in [-0.1, -0.05) is 30.3 Å². The molecule has 0 aliphatic carbocycles. The molecule has 1 heterocycles. The maximum atomic E-state index is 13.0. The fraction of sp³-hybridized carbons (Fsp3) is 0.158. The van der Waals surface area contributed by atoms with E-state index in [4.69, 9.17) is 4.74 Å². The number of ether oxygens (including phenoxy) is 1. The van der Waals surface area contributed by atoms with E-state index in [1.165, 1.54) is 12.1 Å². The molecule has 2 aromatic carbocycles. The smallest absolute Gasteiger partial charge is 0.329 e. The Morgan fingerprint density at radius 3 is 2.56 bits per heavy atom. The van der Waals surface area contributed by atoms with Crippen molar-refractivity contribution in [2.24, 2.45) is 0 Å². The lowest BCUT2D eigenvalue weighted by molar-refractivity contribution is -0.123. The summed E-state index contributed by atoms with van der Waals surface area (Å²) in [5.41, 5.74) is 1.55. The van der Waals surface area contributed by atoms with Gasteiger partial charge in [-0.15, -0.1) is 0 Å². The van der Waals surface area contributed by atoms with E-state index in [0.29, 0.717) is 23.5 Å². The summed E-state index contributed by atoms with van der Waals surface area (Å²) >= 11 is 0. The molecule has 128 valence electrons. The number of para-hydroxylation sites is 1. The number of amides is 3. The predicted octanol–water partition coefficient (Wildman–Crippen LogP) is 3.32. The standard InChI is InChI=1S/C19H17FN2O3/c1-2-25-17-6-4-3-5-14(17)11-16-18(23)22(19(24)21-16)12-13-7-9-15(20)10-8-13/h3-11H,2,12H2,1H3,(H,21,24). The van der Waals surface area contributed by atoms with Crippen LogP contribution in [0.15, 0.2) is 54.2 Å². The lowest BCUT2D eigenvalue weighted by Crippen LogP contribution is -2.30. The number of hydrogen-bond acceptors (Lipinski definition) is 3. The second-order valence-corrected chi connectivity index (χ2v) is 5.48. The van der Waals surface area contributed by atoms with Gasteiger partial charge in [0.25, 0.3) is 5.91 Å². The summed E-state index contributed by atoms with van der Waals surface area (Å²) in [4.78, 5) is 25.7. The van der Waals surface area contributed by atoms with Crippen LogP contribution in [0.3, 0.4) is 0 Å². The third-order valence-corrected chi connectivity index (χ3v) is 3.73. The van der Waals surface area contributed by atoms with Crippen molar-refractivity contribution >= 4 is 18.0 Å². The molecular weight excluding hydrogens is 323 g/mol. The van der Waals surface area contributed by atoms with Crippen LogP contribution in [0.5, 0.6) is 5.75 Å². The quantitative estimate of drug-likeness (QED) is 0.671. The van der Waals surface area contributed by atoms with Crippen LogP contribution in [0.25, 0.3) is 6.08 Å². The number of imide groups is 1. The molecule has 0 aromatic heterocycles. The first kappa shape index (κ1) is 16.7. The Kier molecular flexibility index (Phi) is 4.79. The highest BCUT2D eigenvalue weighted by Gasteiger charge is 2.33. The topological polar surface area (TPSA) is 58.6 Å². The highest BCUT2D eigenvalue weighted by Crippen LogP contribution is 2.23. The van der Waals surface area contributed by atoms with Crippen LogP contribution < -0.4 is 10.1 Å².